The van der Waals surface area contributed by atoms with E-state index in [4.69, 9.17) is 0 Å². The lowest BCUT2D eigenvalue weighted by molar-refractivity contribution is -0.141. The van der Waals surface area contributed by atoms with Crippen LogP contribution in [0.5, 0.6) is 0 Å². The second-order valence-corrected chi connectivity index (χ2v) is 8.09. The zero-order valence-electron chi connectivity index (χ0n) is 16.5. The molecule has 0 aromatic carbocycles. The molecule has 146 valence electrons. The van der Waals surface area contributed by atoms with Crippen molar-refractivity contribution < 1.29 is 9.59 Å². The van der Waals surface area contributed by atoms with Crippen molar-refractivity contribution in [2.24, 2.45) is 5.92 Å². The Morgan fingerprint density at radius 3 is 2.62 bits per heavy atom. The molecule has 0 aliphatic carbocycles. The van der Waals surface area contributed by atoms with E-state index in [1.165, 1.54) is 0 Å². The molecule has 0 spiro atoms. The molecule has 2 saturated heterocycles. The summed E-state index contributed by atoms with van der Waals surface area (Å²) in [6, 6.07) is -0.347. The molecule has 5 nitrogen and oxygen atoms in total. The normalized spacial score (nSPS) is 23.1. The lowest BCUT2D eigenvalue weighted by Crippen LogP contribution is -2.58. The van der Waals surface area contributed by atoms with Crippen LogP contribution in [-0.4, -0.2) is 59.4 Å². The number of hydrogen-bond donors (Lipinski definition) is 1. The number of likely N-dealkylation sites (tertiary alicyclic amines) is 1. The van der Waals surface area contributed by atoms with Crippen LogP contribution < -0.4 is 5.32 Å². The van der Waals surface area contributed by atoms with Crippen molar-refractivity contribution in [3.05, 3.63) is 25.3 Å². The van der Waals surface area contributed by atoms with Crippen LogP contribution in [0.3, 0.4) is 0 Å². The Kier molecular flexibility index (Phi) is 7.44. The van der Waals surface area contributed by atoms with E-state index in [9.17, 15) is 9.59 Å². The van der Waals surface area contributed by atoms with Gasteiger partial charge in [0.1, 0.15) is 0 Å². The fraction of sp³-hybridized carbons (Fsp3) is 0.714. The maximum absolute atomic E-state index is 13.2. The molecule has 0 bridgehead atoms. The number of rotatable bonds is 9. The number of nitrogens with zero attached hydrogens (tertiary/aromatic N) is 2. The molecule has 0 radical (unpaired) electrons. The largest absolute Gasteiger partial charge is 0.353 e. The van der Waals surface area contributed by atoms with Crippen molar-refractivity contribution in [2.75, 3.05) is 26.2 Å². The van der Waals surface area contributed by atoms with E-state index in [0.717, 1.165) is 51.7 Å². The fourth-order valence-corrected chi connectivity index (χ4v) is 4.32. The monoisotopic (exact) mass is 361 g/mol. The summed E-state index contributed by atoms with van der Waals surface area (Å²) in [5.74, 6) is 0.663. The van der Waals surface area contributed by atoms with Gasteiger partial charge in [-0.05, 0) is 44.6 Å². The number of nitrogens with one attached hydrogen (secondary N) is 1. The molecule has 2 aliphatic rings. The predicted molar refractivity (Wildman–Crippen MR) is 106 cm³/mol. The first-order chi connectivity index (χ1) is 12.4. The fourth-order valence-electron chi connectivity index (χ4n) is 4.32. The molecule has 0 aromatic rings. The molecule has 0 aromatic heterocycles. The summed E-state index contributed by atoms with van der Waals surface area (Å²) in [4.78, 5) is 29.8. The molecule has 2 aliphatic heterocycles. The van der Waals surface area contributed by atoms with Gasteiger partial charge in [0.25, 0.3) is 0 Å². The van der Waals surface area contributed by atoms with Gasteiger partial charge in [-0.25, -0.2) is 0 Å². The average Bonchev–Trinajstić information content (AvgIpc) is 2.99. The van der Waals surface area contributed by atoms with Crippen LogP contribution in [0, 0.1) is 5.92 Å². The molecule has 2 fully saturated rings. The highest BCUT2D eigenvalue weighted by atomic mass is 16.2. The van der Waals surface area contributed by atoms with E-state index in [1.54, 1.807) is 0 Å². The highest BCUT2D eigenvalue weighted by Crippen LogP contribution is 2.37. The van der Waals surface area contributed by atoms with Crippen molar-refractivity contribution in [3.8, 4) is 0 Å². The van der Waals surface area contributed by atoms with Crippen LogP contribution in [0.25, 0.3) is 0 Å². The van der Waals surface area contributed by atoms with E-state index in [1.807, 2.05) is 17.1 Å². The van der Waals surface area contributed by atoms with Crippen LogP contribution >= 0.6 is 0 Å². The van der Waals surface area contributed by atoms with E-state index < -0.39 is 0 Å². The van der Waals surface area contributed by atoms with Gasteiger partial charge in [0.15, 0.2) is 0 Å². The van der Waals surface area contributed by atoms with Crippen molar-refractivity contribution >= 4 is 11.8 Å². The van der Waals surface area contributed by atoms with Crippen LogP contribution in [0.15, 0.2) is 25.3 Å². The first-order valence-electron chi connectivity index (χ1n) is 9.97. The summed E-state index contributed by atoms with van der Waals surface area (Å²) >= 11 is 0. The maximum Gasteiger partial charge on any atom is 0.237 e. The van der Waals surface area contributed by atoms with Crippen LogP contribution in [-0.2, 0) is 9.59 Å². The van der Waals surface area contributed by atoms with Gasteiger partial charge in [0, 0.05) is 25.2 Å². The third kappa shape index (κ3) is 4.76. The summed E-state index contributed by atoms with van der Waals surface area (Å²) in [5, 5.41) is 2.93. The highest BCUT2D eigenvalue weighted by molar-refractivity contribution is 5.89. The number of hydrogen-bond acceptors (Lipinski definition) is 3. The second kappa shape index (κ2) is 9.36. The van der Waals surface area contributed by atoms with Gasteiger partial charge in [0.2, 0.25) is 11.8 Å². The first-order valence-corrected chi connectivity index (χ1v) is 9.97. The Labute approximate surface area is 158 Å². The quantitative estimate of drug-likeness (QED) is 0.643. The van der Waals surface area contributed by atoms with Gasteiger partial charge in [-0.2, -0.15) is 0 Å². The Bertz CT molecular complexity index is 519. The average molecular weight is 362 g/mol. The highest BCUT2D eigenvalue weighted by Gasteiger charge is 2.43. The topological polar surface area (TPSA) is 52.7 Å². The summed E-state index contributed by atoms with van der Waals surface area (Å²) in [5.41, 5.74) is -0.200. The van der Waals surface area contributed by atoms with Gasteiger partial charge in [-0.3, -0.25) is 14.5 Å². The lowest BCUT2D eigenvalue weighted by Gasteiger charge is -2.40. The number of piperazine rings is 1. The van der Waals surface area contributed by atoms with Gasteiger partial charge in [0.05, 0.1) is 12.5 Å². The predicted octanol–water partition coefficient (Wildman–Crippen LogP) is 2.74. The lowest BCUT2D eigenvalue weighted by atomic mass is 9.87. The smallest absolute Gasteiger partial charge is 0.237 e. The number of amides is 2. The third-order valence-electron chi connectivity index (χ3n) is 5.75. The standard InChI is InChI=1S/C21H35N3O2/c1-5-9-21(10-6-2)11-7-13-24(21)19(25)16-18-20(26)22-12-15-23(18)14-8-17(3)4/h5-6,17-18H,1-2,7-16H2,3-4H3,(H,22,26). The van der Waals surface area contributed by atoms with Crippen LogP contribution in [0.2, 0.25) is 0 Å². The van der Waals surface area contributed by atoms with Gasteiger partial charge >= 0.3 is 0 Å². The minimum atomic E-state index is -0.347. The summed E-state index contributed by atoms with van der Waals surface area (Å²) in [6.07, 6.45) is 8.64. The maximum atomic E-state index is 13.2. The molecule has 26 heavy (non-hydrogen) atoms. The van der Waals surface area contributed by atoms with Gasteiger partial charge in [-0.15, -0.1) is 13.2 Å². The molecular formula is C21H35N3O2. The van der Waals surface area contributed by atoms with Crippen molar-refractivity contribution in [2.45, 2.75) is 64.0 Å². The van der Waals surface area contributed by atoms with E-state index in [-0.39, 0.29) is 29.8 Å². The third-order valence-corrected chi connectivity index (χ3v) is 5.75. The summed E-state index contributed by atoms with van der Waals surface area (Å²) in [6.45, 7) is 15.3. The van der Waals surface area contributed by atoms with E-state index >= 15 is 0 Å². The second-order valence-electron chi connectivity index (χ2n) is 8.09. The Morgan fingerprint density at radius 2 is 2.00 bits per heavy atom. The minimum absolute atomic E-state index is 0.00871. The van der Waals surface area contributed by atoms with Gasteiger partial charge < -0.3 is 10.2 Å². The minimum Gasteiger partial charge on any atom is -0.353 e. The molecule has 2 amide bonds. The summed E-state index contributed by atoms with van der Waals surface area (Å²) in [7, 11) is 0. The van der Waals surface area contributed by atoms with Gasteiger partial charge in [-0.1, -0.05) is 26.0 Å². The van der Waals surface area contributed by atoms with E-state index in [2.05, 4.69) is 37.2 Å². The zero-order valence-corrected chi connectivity index (χ0v) is 16.5. The Hall–Kier alpha value is -1.62. The van der Waals surface area contributed by atoms with Crippen molar-refractivity contribution in [1.82, 2.24) is 15.1 Å². The van der Waals surface area contributed by atoms with Crippen molar-refractivity contribution in [1.29, 1.82) is 0 Å². The van der Waals surface area contributed by atoms with Crippen LogP contribution in [0.1, 0.15) is 52.4 Å². The number of carbonyl (C=O) groups excluding carboxylic acids is 2. The molecule has 2 heterocycles. The number of carbonyl (C=O) groups is 2. The first kappa shape index (κ1) is 20.7. The molecule has 1 atom stereocenters. The SMILES string of the molecule is C=CCC1(CC=C)CCCN1C(=O)CC1C(=O)NCCN1CCC(C)C. The molecule has 1 N–H and O–H groups in total. The molecule has 2 rings (SSSR count). The summed E-state index contributed by atoms with van der Waals surface area (Å²) < 4.78 is 0. The van der Waals surface area contributed by atoms with E-state index in [0.29, 0.717) is 12.5 Å². The van der Waals surface area contributed by atoms with Crippen LogP contribution in [0.4, 0.5) is 0 Å². The van der Waals surface area contributed by atoms with Crippen molar-refractivity contribution in [3.63, 3.8) is 0 Å². The molecular weight excluding hydrogens is 326 g/mol. The molecule has 1 unspecified atom stereocenters. The Morgan fingerprint density at radius 1 is 1.31 bits per heavy atom. The Balaban J connectivity index is 2.10. The zero-order chi connectivity index (χ0) is 19.2. The molecule has 5 heteroatoms. The molecule has 0 saturated carbocycles.